The van der Waals surface area contributed by atoms with Crippen LogP contribution in [0.15, 0.2) is 70.9 Å². The molecule has 8 heteroatoms. The lowest BCUT2D eigenvalue weighted by Gasteiger charge is -2.17. The quantitative estimate of drug-likeness (QED) is 0.557. The molecule has 1 amide bonds. The predicted octanol–water partition coefficient (Wildman–Crippen LogP) is 4.28. The molecular weight excluding hydrogens is 430 g/mol. The van der Waals surface area contributed by atoms with Crippen LogP contribution in [0.2, 0.25) is 5.02 Å². The van der Waals surface area contributed by atoms with Crippen LogP contribution in [0.1, 0.15) is 15.7 Å². The van der Waals surface area contributed by atoms with Gasteiger partial charge in [-0.1, -0.05) is 29.8 Å². The minimum Gasteiger partial charge on any atom is -0.497 e. The number of hydrogen-bond acceptors (Lipinski definition) is 5. The minimum atomic E-state index is -3.70. The number of ether oxygens (including phenoxy) is 1. The second-order valence-corrected chi connectivity index (χ2v) is 9.88. The Balaban J connectivity index is 1.74. The van der Waals surface area contributed by atoms with Crippen LogP contribution in [0.5, 0.6) is 5.75 Å². The number of amides is 1. The first-order chi connectivity index (χ1) is 13.9. The lowest BCUT2D eigenvalue weighted by Crippen LogP contribution is -2.32. The Labute approximate surface area is 179 Å². The molecule has 29 heavy (non-hydrogen) atoms. The van der Waals surface area contributed by atoms with E-state index in [4.69, 9.17) is 16.3 Å². The normalized spacial score (nSPS) is 12.3. The van der Waals surface area contributed by atoms with Gasteiger partial charge in [-0.2, -0.15) is 0 Å². The Hall–Kier alpha value is -2.35. The number of rotatable bonds is 8. The van der Waals surface area contributed by atoms with Crippen LogP contribution in [0.4, 0.5) is 0 Å². The van der Waals surface area contributed by atoms with E-state index in [2.05, 4.69) is 5.32 Å². The first kappa shape index (κ1) is 21.4. The van der Waals surface area contributed by atoms with Crippen LogP contribution in [-0.2, 0) is 21.1 Å². The van der Waals surface area contributed by atoms with E-state index in [1.807, 2.05) is 5.38 Å². The predicted molar refractivity (Wildman–Crippen MR) is 115 cm³/mol. The highest BCUT2D eigenvalue weighted by atomic mass is 35.5. The number of methoxy groups -OCH3 is 1. The number of sulfone groups is 1. The van der Waals surface area contributed by atoms with Crippen LogP contribution < -0.4 is 10.1 Å². The van der Waals surface area contributed by atoms with Crippen molar-refractivity contribution in [1.29, 1.82) is 0 Å². The highest BCUT2D eigenvalue weighted by Crippen LogP contribution is 2.32. The second kappa shape index (κ2) is 9.43. The highest BCUT2D eigenvalue weighted by Gasteiger charge is 2.30. The summed E-state index contributed by atoms with van der Waals surface area (Å²) in [5.74, 6) is 0.462. The molecule has 2 aromatic carbocycles. The van der Waals surface area contributed by atoms with Crippen molar-refractivity contribution >= 4 is 38.7 Å². The van der Waals surface area contributed by atoms with Crippen LogP contribution in [-0.4, -0.2) is 28.0 Å². The fourth-order valence-corrected chi connectivity index (χ4v) is 5.73. The first-order valence-corrected chi connectivity index (χ1v) is 11.6. The topological polar surface area (TPSA) is 72.5 Å². The summed E-state index contributed by atoms with van der Waals surface area (Å²) in [6.45, 7) is -0.0134. The molecule has 0 aliphatic heterocycles. The van der Waals surface area contributed by atoms with E-state index < -0.39 is 15.1 Å². The number of hydrogen-bond donors (Lipinski definition) is 1. The molecule has 1 heterocycles. The molecule has 0 radical (unpaired) electrons. The van der Waals surface area contributed by atoms with Gasteiger partial charge in [0.05, 0.1) is 18.4 Å². The smallest absolute Gasteiger partial charge is 0.224 e. The molecule has 1 N–H and O–H groups in total. The molecular formula is C21H20ClNO4S2. The highest BCUT2D eigenvalue weighted by molar-refractivity contribution is 7.91. The molecule has 5 nitrogen and oxygen atoms in total. The Morgan fingerprint density at radius 2 is 1.79 bits per heavy atom. The van der Waals surface area contributed by atoms with E-state index in [0.717, 1.165) is 5.56 Å². The molecule has 0 saturated carbocycles. The Morgan fingerprint density at radius 1 is 1.10 bits per heavy atom. The van der Waals surface area contributed by atoms with Crippen LogP contribution in [0, 0.1) is 0 Å². The van der Waals surface area contributed by atoms with Crippen LogP contribution in [0.25, 0.3) is 0 Å². The van der Waals surface area contributed by atoms with Crippen molar-refractivity contribution in [3.8, 4) is 5.75 Å². The molecule has 1 atom stereocenters. The third-order valence-corrected chi connectivity index (χ3v) is 7.87. The summed E-state index contributed by atoms with van der Waals surface area (Å²) in [5.41, 5.74) is 0.816. The number of carbonyl (C=O) groups is 1. The molecule has 0 unspecified atom stereocenters. The summed E-state index contributed by atoms with van der Waals surface area (Å²) in [6, 6.07) is 16.8. The first-order valence-electron chi connectivity index (χ1n) is 8.82. The van der Waals surface area contributed by atoms with E-state index in [1.54, 1.807) is 55.6 Å². The molecule has 0 bridgehead atoms. The van der Waals surface area contributed by atoms with Crippen LogP contribution in [0.3, 0.4) is 0 Å². The third-order valence-electron chi connectivity index (χ3n) is 4.39. The summed E-state index contributed by atoms with van der Waals surface area (Å²) >= 11 is 7.23. The fraction of sp³-hybridized carbons (Fsp3) is 0.190. The van der Waals surface area contributed by atoms with Gasteiger partial charge in [0.2, 0.25) is 5.91 Å². The largest absolute Gasteiger partial charge is 0.497 e. The number of benzene rings is 2. The molecule has 0 fully saturated rings. The molecule has 3 aromatic rings. The maximum absolute atomic E-state index is 13.2. The third kappa shape index (κ3) is 5.38. The SMILES string of the molecule is COc1ccc(CC(=O)NC[C@H](c2cccs2)S(=O)(=O)c2ccc(Cl)cc2)cc1. The average molecular weight is 450 g/mol. The second-order valence-electron chi connectivity index (χ2n) is 6.33. The minimum absolute atomic E-state index is 0.0134. The van der Waals surface area contributed by atoms with Crippen LogP contribution >= 0.6 is 22.9 Å². The maximum Gasteiger partial charge on any atom is 0.224 e. The van der Waals surface area contributed by atoms with Crippen molar-refractivity contribution in [2.75, 3.05) is 13.7 Å². The summed E-state index contributed by atoms with van der Waals surface area (Å²) < 4.78 is 31.5. The van der Waals surface area contributed by atoms with Gasteiger partial charge < -0.3 is 10.1 Å². The van der Waals surface area contributed by atoms with Crippen molar-refractivity contribution in [2.24, 2.45) is 0 Å². The zero-order valence-electron chi connectivity index (χ0n) is 15.7. The van der Waals surface area contributed by atoms with E-state index in [1.165, 1.54) is 23.5 Å². The zero-order valence-corrected chi connectivity index (χ0v) is 18.1. The van der Waals surface area contributed by atoms with Gasteiger partial charge in [0.1, 0.15) is 11.0 Å². The van der Waals surface area contributed by atoms with Gasteiger partial charge in [-0.05, 0) is 53.4 Å². The van der Waals surface area contributed by atoms with Gasteiger partial charge in [-0.3, -0.25) is 4.79 Å². The van der Waals surface area contributed by atoms with Crippen molar-refractivity contribution < 1.29 is 17.9 Å². The van der Waals surface area contributed by atoms with E-state index in [9.17, 15) is 13.2 Å². The van der Waals surface area contributed by atoms with Gasteiger partial charge in [0.25, 0.3) is 0 Å². The molecule has 0 aliphatic carbocycles. The van der Waals surface area contributed by atoms with Crippen molar-refractivity contribution in [2.45, 2.75) is 16.6 Å². The summed E-state index contributed by atoms with van der Waals surface area (Å²) in [4.78, 5) is 13.2. The van der Waals surface area contributed by atoms with Gasteiger partial charge in [-0.15, -0.1) is 11.3 Å². The summed E-state index contributed by atoms with van der Waals surface area (Å²) in [7, 11) is -2.12. The number of thiophene rings is 1. The van der Waals surface area contributed by atoms with Gasteiger partial charge in [0.15, 0.2) is 9.84 Å². The molecule has 152 valence electrons. The van der Waals surface area contributed by atoms with E-state index >= 15 is 0 Å². The lowest BCUT2D eigenvalue weighted by atomic mass is 10.1. The van der Waals surface area contributed by atoms with Gasteiger partial charge in [-0.25, -0.2) is 8.42 Å². The maximum atomic E-state index is 13.2. The summed E-state index contributed by atoms with van der Waals surface area (Å²) in [6.07, 6.45) is 0.155. The monoisotopic (exact) mass is 449 g/mol. The van der Waals surface area contributed by atoms with E-state index in [0.29, 0.717) is 15.6 Å². The number of nitrogens with one attached hydrogen (secondary N) is 1. The van der Waals surface area contributed by atoms with E-state index in [-0.39, 0.29) is 23.8 Å². The Bertz CT molecular complexity index is 1050. The van der Waals surface area contributed by atoms with Crippen molar-refractivity contribution in [3.63, 3.8) is 0 Å². The molecule has 3 rings (SSSR count). The van der Waals surface area contributed by atoms with Gasteiger partial charge >= 0.3 is 0 Å². The average Bonchev–Trinajstić information content (AvgIpc) is 3.23. The molecule has 0 spiro atoms. The fourth-order valence-electron chi connectivity index (χ4n) is 2.82. The standard InChI is InChI=1S/C21H20ClNO4S2/c1-27-17-8-4-15(5-9-17)13-21(24)23-14-20(19-3-2-12-28-19)29(25,26)18-10-6-16(22)7-11-18/h2-12,20H,13-14H2,1H3,(H,23,24)/t20-/m1/s1. The zero-order chi connectivity index (χ0) is 20.9. The lowest BCUT2D eigenvalue weighted by molar-refractivity contribution is -0.120. The van der Waals surface area contributed by atoms with Gasteiger partial charge in [0, 0.05) is 16.4 Å². The summed E-state index contributed by atoms with van der Waals surface area (Å²) in [5, 5.41) is 4.18. The van der Waals surface area contributed by atoms with Crippen molar-refractivity contribution in [1.82, 2.24) is 5.32 Å². The molecule has 1 aromatic heterocycles. The number of halogens is 1. The number of carbonyl (C=O) groups excluding carboxylic acids is 1. The molecule has 0 aliphatic rings. The molecule has 0 saturated heterocycles. The van der Waals surface area contributed by atoms with Crippen molar-refractivity contribution in [3.05, 3.63) is 81.5 Å². The Morgan fingerprint density at radius 3 is 2.38 bits per heavy atom. The Kier molecular flexibility index (Phi) is 6.95.